The van der Waals surface area contributed by atoms with Crippen molar-refractivity contribution in [3.63, 3.8) is 0 Å². The minimum Gasteiger partial charge on any atom is -0.357 e. The number of nitrogens with zero attached hydrogens (tertiary/aromatic N) is 1. The van der Waals surface area contributed by atoms with Gasteiger partial charge >= 0.3 is 6.18 Å². The van der Waals surface area contributed by atoms with Gasteiger partial charge in [-0.25, -0.2) is 9.38 Å². The first-order valence-electron chi connectivity index (χ1n) is 8.93. The maximum Gasteiger partial charge on any atom is 0.416 e. The molecular formula is C20H23F4IN4O. The molecular weight excluding hydrogens is 515 g/mol. The van der Waals surface area contributed by atoms with Crippen molar-refractivity contribution in [2.24, 2.45) is 4.99 Å². The molecule has 2 aromatic carbocycles. The SMILES string of the molecule is CCNC(=NCc1cccc(C(=O)NC)c1)NCc1ccc(F)cc1C(F)(F)F.I. The molecule has 0 spiro atoms. The summed E-state index contributed by atoms with van der Waals surface area (Å²) in [5.74, 6) is -0.871. The number of carbonyl (C=O) groups is 1. The van der Waals surface area contributed by atoms with Gasteiger partial charge in [0.25, 0.3) is 5.91 Å². The van der Waals surface area contributed by atoms with Gasteiger partial charge in [-0.2, -0.15) is 13.2 Å². The number of halogens is 5. The van der Waals surface area contributed by atoms with E-state index in [1.54, 1.807) is 24.3 Å². The quantitative estimate of drug-likeness (QED) is 0.225. The number of benzene rings is 2. The van der Waals surface area contributed by atoms with Crippen LogP contribution in [-0.2, 0) is 19.3 Å². The summed E-state index contributed by atoms with van der Waals surface area (Å²) in [5, 5.41) is 8.31. The molecule has 1 amide bonds. The van der Waals surface area contributed by atoms with E-state index in [1.807, 2.05) is 6.92 Å². The number of hydrogen-bond donors (Lipinski definition) is 3. The van der Waals surface area contributed by atoms with Crippen molar-refractivity contribution in [1.82, 2.24) is 16.0 Å². The minimum absolute atomic E-state index is 0. The van der Waals surface area contributed by atoms with Crippen LogP contribution in [0.15, 0.2) is 47.5 Å². The van der Waals surface area contributed by atoms with Gasteiger partial charge in [0.05, 0.1) is 12.1 Å². The lowest BCUT2D eigenvalue weighted by Gasteiger charge is -2.16. The molecule has 0 aliphatic carbocycles. The molecule has 3 N–H and O–H groups in total. The Morgan fingerprint density at radius 1 is 1.10 bits per heavy atom. The molecule has 0 saturated heterocycles. The fourth-order valence-electron chi connectivity index (χ4n) is 2.61. The molecule has 0 bridgehead atoms. The molecule has 0 unspecified atom stereocenters. The molecule has 0 aromatic heterocycles. The van der Waals surface area contributed by atoms with Crippen LogP contribution in [0.1, 0.15) is 34.0 Å². The predicted octanol–water partition coefficient (Wildman–Crippen LogP) is 4.08. The van der Waals surface area contributed by atoms with Crippen LogP contribution in [0.3, 0.4) is 0 Å². The Morgan fingerprint density at radius 2 is 1.83 bits per heavy atom. The predicted molar refractivity (Wildman–Crippen MR) is 118 cm³/mol. The average molecular weight is 538 g/mol. The van der Waals surface area contributed by atoms with Gasteiger partial charge in [0.2, 0.25) is 0 Å². The highest BCUT2D eigenvalue weighted by atomic mass is 127. The Morgan fingerprint density at radius 3 is 2.47 bits per heavy atom. The van der Waals surface area contributed by atoms with Crippen molar-refractivity contribution in [3.05, 3.63) is 70.5 Å². The van der Waals surface area contributed by atoms with Crippen LogP contribution in [0.5, 0.6) is 0 Å². The maximum absolute atomic E-state index is 13.2. The van der Waals surface area contributed by atoms with Gasteiger partial charge in [0.15, 0.2) is 5.96 Å². The van der Waals surface area contributed by atoms with E-state index in [-0.39, 0.29) is 48.5 Å². The largest absolute Gasteiger partial charge is 0.416 e. The molecule has 30 heavy (non-hydrogen) atoms. The van der Waals surface area contributed by atoms with E-state index in [9.17, 15) is 22.4 Å². The Kier molecular flexibility index (Phi) is 10.0. The molecule has 0 aliphatic rings. The van der Waals surface area contributed by atoms with E-state index >= 15 is 0 Å². The zero-order valence-electron chi connectivity index (χ0n) is 16.4. The smallest absolute Gasteiger partial charge is 0.357 e. The van der Waals surface area contributed by atoms with Crippen molar-refractivity contribution in [2.45, 2.75) is 26.2 Å². The minimum atomic E-state index is -4.66. The van der Waals surface area contributed by atoms with Gasteiger partial charge < -0.3 is 16.0 Å². The summed E-state index contributed by atoms with van der Waals surface area (Å²) in [6, 6.07) is 9.44. The van der Waals surface area contributed by atoms with Gasteiger partial charge in [0.1, 0.15) is 5.82 Å². The summed E-state index contributed by atoms with van der Waals surface area (Å²) in [7, 11) is 1.53. The summed E-state index contributed by atoms with van der Waals surface area (Å²) in [5.41, 5.74) is 0.130. The van der Waals surface area contributed by atoms with Crippen LogP contribution in [0, 0.1) is 5.82 Å². The highest BCUT2D eigenvalue weighted by Gasteiger charge is 2.33. The zero-order chi connectivity index (χ0) is 21.4. The summed E-state index contributed by atoms with van der Waals surface area (Å²) in [4.78, 5) is 16.1. The standard InChI is InChI=1S/C20H22F4N4O.HI/c1-3-26-19(27-11-13-5-4-6-14(9-13)18(29)25-2)28-12-15-7-8-16(21)10-17(15)20(22,23)24;/h4-10H,3,11-12H2,1-2H3,(H,25,29)(H2,26,27,28);1H. The van der Waals surface area contributed by atoms with Crippen molar-refractivity contribution >= 4 is 35.8 Å². The number of guanidine groups is 1. The van der Waals surface area contributed by atoms with Crippen molar-refractivity contribution < 1.29 is 22.4 Å². The maximum atomic E-state index is 13.2. The molecule has 5 nitrogen and oxygen atoms in total. The third-order valence-corrected chi connectivity index (χ3v) is 4.00. The van der Waals surface area contributed by atoms with Gasteiger partial charge in [0, 0.05) is 25.7 Å². The number of alkyl halides is 3. The van der Waals surface area contributed by atoms with Gasteiger partial charge in [-0.3, -0.25) is 4.79 Å². The van der Waals surface area contributed by atoms with E-state index in [1.165, 1.54) is 7.05 Å². The molecule has 2 aromatic rings. The highest BCUT2D eigenvalue weighted by molar-refractivity contribution is 14.0. The number of nitrogens with one attached hydrogen (secondary N) is 3. The van der Waals surface area contributed by atoms with E-state index in [0.29, 0.717) is 24.1 Å². The molecule has 0 saturated carbocycles. The van der Waals surface area contributed by atoms with Crippen LogP contribution >= 0.6 is 24.0 Å². The molecule has 10 heteroatoms. The van der Waals surface area contributed by atoms with Crippen LogP contribution in [0.2, 0.25) is 0 Å². The lowest BCUT2D eigenvalue weighted by molar-refractivity contribution is -0.138. The second-order valence-electron chi connectivity index (χ2n) is 6.13. The van der Waals surface area contributed by atoms with Gasteiger partial charge in [-0.1, -0.05) is 18.2 Å². The summed E-state index contributed by atoms with van der Waals surface area (Å²) in [6.07, 6.45) is -4.66. The Balaban J connectivity index is 0.00000450. The van der Waals surface area contributed by atoms with Crippen LogP contribution < -0.4 is 16.0 Å². The topological polar surface area (TPSA) is 65.5 Å². The summed E-state index contributed by atoms with van der Waals surface area (Å²) >= 11 is 0. The molecule has 2 rings (SSSR count). The normalized spacial score (nSPS) is 11.5. The Labute approximate surface area is 189 Å². The van der Waals surface area contributed by atoms with Crippen LogP contribution in [0.4, 0.5) is 17.6 Å². The lowest BCUT2D eigenvalue weighted by atomic mass is 10.1. The first kappa shape index (κ1) is 25.7. The van der Waals surface area contributed by atoms with Crippen molar-refractivity contribution in [2.75, 3.05) is 13.6 Å². The van der Waals surface area contributed by atoms with Crippen LogP contribution in [0.25, 0.3) is 0 Å². The number of aliphatic imine (C=N–C) groups is 1. The zero-order valence-corrected chi connectivity index (χ0v) is 18.8. The molecule has 0 atom stereocenters. The highest BCUT2D eigenvalue weighted by Crippen LogP contribution is 2.32. The second kappa shape index (κ2) is 11.7. The van der Waals surface area contributed by atoms with Crippen molar-refractivity contribution in [1.29, 1.82) is 0 Å². The fraction of sp³-hybridized carbons (Fsp3) is 0.300. The van der Waals surface area contributed by atoms with E-state index < -0.39 is 17.6 Å². The Bertz CT molecular complexity index is 887. The third kappa shape index (κ3) is 7.47. The van der Waals surface area contributed by atoms with Crippen LogP contribution in [-0.4, -0.2) is 25.5 Å². The lowest BCUT2D eigenvalue weighted by Crippen LogP contribution is -2.37. The first-order valence-corrected chi connectivity index (χ1v) is 8.93. The average Bonchev–Trinajstić information content (AvgIpc) is 2.69. The third-order valence-electron chi connectivity index (χ3n) is 4.00. The molecule has 164 valence electrons. The van der Waals surface area contributed by atoms with Gasteiger partial charge in [-0.05, 0) is 42.3 Å². The van der Waals surface area contributed by atoms with E-state index in [4.69, 9.17) is 0 Å². The van der Waals surface area contributed by atoms with Crippen molar-refractivity contribution in [3.8, 4) is 0 Å². The summed E-state index contributed by atoms with van der Waals surface area (Å²) < 4.78 is 52.6. The fourth-order valence-corrected chi connectivity index (χ4v) is 2.61. The number of hydrogen-bond acceptors (Lipinski definition) is 2. The number of amides is 1. The van der Waals surface area contributed by atoms with E-state index in [2.05, 4.69) is 20.9 Å². The summed E-state index contributed by atoms with van der Waals surface area (Å²) in [6.45, 7) is 2.36. The second-order valence-corrected chi connectivity index (χ2v) is 6.13. The molecule has 0 fully saturated rings. The first-order chi connectivity index (χ1) is 13.7. The van der Waals surface area contributed by atoms with E-state index in [0.717, 1.165) is 17.7 Å². The molecule has 0 radical (unpaired) electrons. The monoisotopic (exact) mass is 538 g/mol. The Hall–Kier alpha value is -2.37. The molecule has 0 aliphatic heterocycles. The number of carbonyl (C=O) groups excluding carboxylic acids is 1. The number of rotatable bonds is 6. The van der Waals surface area contributed by atoms with Gasteiger partial charge in [-0.15, -0.1) is 24.0 Å². The molecule has 0 heterocycles.